The van der Waals surface area contributed by atoms with Gasteiger partial charge in [-0.2, -0.15) is 0 Å². The van der Waals surface area contributed by atoms with E-state index in [4.69, 9.17) is 0 Å². The molecule has 2 aromatic carbocycles. The van der Waals surface area contributed by atoms with Crippen LogP contribution in [0.2, 0.25) is 0 Å². The van der Waals surface area contributed by atoms with Gasteiger partial charge in [-0.05, 0) is 47.5 Å². The predicted octanol–water partition coefficient (Wildman–Crippen LogP) is 5.22. The summed E-state index contributed by atoms with van der Waals surface area (Å²) in [5.41, 5.74) is 3.90. The van der Waals surface area contributed by atoms with E-state index in [1.165, 1.54) is 6.42 Å². The van der Waals surface area contributed by atoms with Crippen LogP contribution in [-0.2, 0) is 4.79 Å². The van der Waals surface area contributed by atoms with E-state index in [0.29, 0.717) is 0 Å². The molecule has 1 aromatic heterocycles. The molecule has 0 saturated heterocycles. The molecule has 3 rings (SSSR count). The van der Waals surface area contributed by atoms with Crippen LogP contribution in [-0.4, -0.2) is 17.4 Å². The zero-order valence-electron chi connectivity index (χ0n) is 15.3. The minimum Gasteiger partial charge on any atom is -0.376 e. The van der Waals surface area contributed by atoms with Crippen LogP contribution in [0.5, 0.6) is 0 Å². The summed E-state index contributed by atoms with van der Waals surface area (Å²) >= 11 is 0. The van der Waals surface area contributed by atoms with Crippen LogP contribution < -0.4 is 10.6 Å². The van der Waals surface area contributed by atoms with Crippen molar-refractivity contribution < 1.29 is 4.79 Å². The number of pyridine rings is 1. The second-order valence-corrected chi connectivity index (χ2v) is 5.79. The van der Waals surface area contributed by atoms with Crippen molar-refractivity contribution in [3.63, 3.8) is 0 Å². The highest BCUT2D eigenvalue weighted by molar-refractivity contribution is 5.94. The van der Waals surface area contributed by atoms with Gasteiger partial charge in [0, 0.05) is 23.8 Å². The van der Waals surface area contributed by atoms with E-state index in [1.54, 1.807) is 12.4 Å². The monoisotopic (exact) mass is 347 g/mol. The molecule has 0 unspecified atom stereocenters. The topological polar surface area (TPSA) is 54.0 Å². The number of nitrogens with zero attached hydrogens (tertiary/aromatic N) is 1. The van der Waals surface area contributed by atoms with Crippen LogP contribution in [0.25, 0.3) is 11.1 Å². The van der Waals surface area contributed by atoms with Crippen molar-refractivity contribution in [1.82, 2.24) is 4.98 Å². The van der Waals surface area contributed by atoms with E-state index >= 15 is 0 Å². The van der Waals surface area contributed by atoms with Gasteiger partial charge in [0.05, 0.1) is 6.54 Å². The molecular weight excluding hydrogens is 322 g/mol. The maximum absolute atomic E-state index is 12.0. The molecule has 4 nitrogen and oxygen atoms in total. The van der Waals surface area contributed by atoms with Gasteiger partial charge in [0.15, 0.2) is 0 Å². The van der Waals surface area contributed by atoms with E-state index in [-0.39, 0.29) is 12.5 Å². The smallest absolute Gasteiger partial charge is 0.243 e. The van der Waals surface area contributed by atoms with E-state index in [1.807, 2.05) is 66.7 Å². The van der Waals surface area contributed by atoms with Crippen molar-refractivity contribution in [3.8, 4) is 11.1 Å². The van der Waals surface area contributed by atoms with Crippen molar-refractivity contribution in [2.24, 2.45) is 0 Å². The molecule has 0 fully saturated rings. The van der Waals surface area contributed by atoms with E-state index in [0.717, 1.165) is 22.5 Å². The fraction of sp³-hybridized carbons (Fsp3) is 0.182. The summed E-state index contributed by atoms with van der Waals surface area (Å²) < 4.78 is 0. The van der Waals surface area contributed by atoms with Crippen LogP contribution in [0.15, 0.2) is 79.1 Å². The SMILES string of the molecule is CCC.O=C(CNc1ccccc1)Nc1ccc(-c2ccncc2)cc1. The van der Waals surface area contributed by atoms with Crippen molar-refractivity contribution in [2.45, 2.75) is 20.3 Å². The number of amides is 1. The van der Waals surface area contributed by atoms with Crippen molar-refractivity contribution in [1.29, 1.82) is 0 Å². The lowest BCUT2D eigenvalue weighted by molar-refractivity contribution is -0.114. The molecule has 0 atom stereocenters. The molecule has 2 N–H and O–H groups in total. The molecule has 4 heteroatoms. The quantitative estimate of drug-likeness (QED) is 0.665. The third kappa shape index (κ3) is 6.40. The third-order valence-electron chi connectivity index (χ3n) is 3.41. The van der Waals surface area contributed by atoms with Gasteiger partial charge in [0.25, 0.3) is 0 Å². The van der Waals surface area contributed by atoms with Gasteiger partial charge in [0.1, 0.15) is 0 Å². The lowest BCUT2D eigenvalue weighted by Crippen LogP contribution is -2.21. The number of carbonyl (C=O) groups is 1. The molecule has 26 heavy (non-hydrogen) atoms. The molecule has 0 saturated carbocycles. The number of hydrogen-bond acceptors (Lipinski definition) is 3. The first-order chi connectivity index (χ1) is 12.7. The van der Waals surface area contributed by atoms with Crippen LogP contribution in [0.4, 0.5) is 11.4 Å². The second kappa shape index (κ2) is 10.7. The minimum atomic E-state index is -0.0782. The molecule has 0 radical (unpaired) electrons. The minimum absolute atomic E-state index is 0.0782. The number of carbonyl (C=O) groups excluding carboxylic acids is 1. The number of benzene rings is 2. The third-order valence-corrected chi connectivity index (χ3v) is 3.41. The molecule has 0 aliphatic carbocycles. The number of rotatable bonds is 5. The second-order valence-electron chi connectivity index (χ2n) is 5.79. The number of hydrogen-bond donors (Lipinski definition) is 2. The zero-order chi connectivity index (χ0) is 18.6. The predicted molar refractivity (Wildman–Crippen MR) is 109 cm³/mol. The molecule has 134 valence electrons. The van der Waals surface area contributed by atoms with Crippen molar-refractivity contribution >= 4 is 17.3 Å². The molecule has 1 amide bonds. The molecule has 1 heterocycles. The van der Waals surface area contributed by atoms with Crippen LogP contribution in [0, 0.1) is 0 Å². The molecule has 0 bridgehead atoms. The highest BCUT2D eigenvalue weighted by Gasteiger charge is 2.03. The first kappa shape index (κ1) is 19.2. The Morgan fingerprint density at radius 3 is 2.00 bits per heavy atom. The average Bonchev–Trinajstić information content (AvgIpc) is 2.69. The zero-order valence-corrected chi connectivity index (χ0v) is 15.3. The average molecular weight is 347 g/mol. The molecular formula is C22H25N3O. The van der Waals surface area contributed by atoms with Gasteiger partial charge in [-0.25, -0.2) is 0 Å². The van der Waals surface area contributed by atoms with Gasteiger partial charge in [-0.15, -0.1) is 0 Å². The Hall–Kier alpha value is -3.14. The van der Waals surface area contributed by atoms with Gasteiger partial charge in [0.2, 0.25) is 5.91 Å². The summed E-state index contributed by atoms with van der Waals surface area (Å²) in [5, 5.41) is 5.96. The Morgan fingerprint density at radius 2 is 1.38 bits per heavy atom. The summed E-state index contributed by atoms with van der Waals surface area (Å²) in [4.78, 5) is 16.0. The maximum Gasteiger partial charge on any atom is 0.243 e. The summed E-state index contributed by atoms with van der Waals surface area (Å²) in [5.74, 6) is -0.0782. The first-order valence-electron chi connectivity index (χ1n) is 8.82. The van der Waals surface area contributed by atoms with Gasteiger partial charge in [-0.3, -0.25) is 9.78 Å². The van der Waals surface area contributed by atoms with Gasteiger partial charge in [-0.1, -0.05) is 50.6 Å². The largest absolute Gasteiger partial charge is 0.376 e. The van der Waals surface area contributed by atoms with E-state index < -0.39 is 0 Å². The van der Waals surface area contributed by atoms with E-state index in [2.05, 4.69) is 29.5 Å². The summed E-state index contributed by atoms with van der Waals surface area (Å²) in [6.07, 6.45) is 4.78. The summed E-state index contributed by atoms with van der Waals surface area (Å²) in [6, 6.07) is 21.3. The fourth-order valence-electron chi connectivity index (χ4n) is 2.23. The number of aromatic nitrogens is 1. The molecule has 0 aliphatic heterocycles. The number of nitrogens with one attached hydrogen (secondary N) is 2. The van der Waals surface area contributed by atoms with Crippen LogP contribution in [0.1, 0.15) is 20.3 Å². The summed E-state index contributed by atoms with van der Waals surface area (Å²) in [7, 11) is 0. The first-order valence-corrected chi connectivity index (χ1v) is 8.82. The van der Waals surface area contributed by atoms with E-state index in [9.17, 15) is 4.79 Å². The lowest BCUT2D eigenvalue weighted by atomic mass is 10.1. The Labute approximate surface area is 155 Å². The molecule has 0 aliphatic rings. The van der Waals surface area contributed by atoms with Crippen molar-refractivity contribution in [3.05, 3.63) is 79.1 Å². The standard InChI is InChI=1S/C19H17N3O.C3H8/c23-19(14-21-17-4-2-1-3-5-17)22-18-8-6-15(7-9-18)16-10-12-20-13-11-16;1-3-2/h1-13,21H,14H2,(H,22,23);3H2,1-2H3. The Kier molecular flexibility index (Phi) is 7.87. The number of para-hydroxylation sites is 1. The van der Waals surface area contributed by atoms with Crippen molar-refractivity contribution in [2.75, 3.05) is 17.2 Å². The Morgan fingerprint density at radius 1 is 0.808 bits per heavy atom. The van der Waals surface area contributed by atoms with Gasteiger partial charge >= 0.3 is 0 Å². The molecule has 3 aromatic rings. The normalized spacial score (nSPS) is 9.62. The summed E-state index contributed by atoms with van der Waals surface area (Å²) in [6.45, 7) is 4.48. The van der Waals surface area contributed by atoms with Crippen LogP contribution >= 0.6 is 0 Å². The Balaban J connectivity index is 0.000000758. The lowest BCUT2D eigenvalue weighted by Gasteiger charge is -2.08. The Bertz CT molecular complexity index is 772. The van der Waals surface area contributed by atoms with Gasteiger partial charge < -0.3 is 10.6 Å². The highest BCUT2D eigenvalue weighted by atomic mass is 16.1. The molecule has 0 spiro atoms. The maximum atomic E-state index is 12.0. The number of anilines is 2. The highest BCUT2D eigenvalue weighted by Crippen LogP contribution is 2.20. The fourth-order valence-corrected chi connectivity index (χ4v) is 2.23. The van der Waals surface area contributed by atoms with Crippen LogP contribution in [0.3, 0.4) is 0 Å².